The fourth-order valence-electron chi connectivity index (χ4n) is 2.71. The van der Waals surface area contributed by atoms with Crippen molar-refractivity contribution >= 4 is 24.1 Å². The molecule has 0 saturated carbocycles. The molecule has 1 aromatic heterocycles. The molecule has 0 radical (unpaired) electrons. The molecule has 0 aromatic carbocycles. The van der Waals surface area contributed by atoms with Crippen molar-refractivity contribution in [1.82, 2.24) is 9.97 Å². The predicted octanol–water partition coefficient (Wildman–Crippen LogP) is 0.169. The van der Waals surface area contributed by atoms with Crippen LogP contribution in [0.25, 0.3) is 0 Å². The highest BCUT2D eigenvalue weighted by Gasteiger charge is 2.28. The van der Waals surface area contributed by atoms with Gasteiger partial charge in [0.15, 0.2) is 0 Å². The maximum atomic E-state index is 10.4. The van der Waals surface area contributed by atoms with Crippen molar-refractivity contribution in [2.24, 2.45) is 0 Å². The molecule has 1 atom stereocenters. The molecule has 1 fully saturated rings. The standard InChI is InChI=1S/C12H17N5O2/c13-12-15-10-9(2-1-4-14-10)11(16-12)17-5-3-8(6-17)19-7-18/h7-8H,1-6H2,(H3,13,14,15,16)/t8-/m0/s1. The van der Waals surface area contributed by atoms with Gasteiger partial charge in [0.25, 0.3) is 6.47 Å². The number of aromatic nitrogens is 2. The summed E-state index contributed by atoms with van der Waals surface area (Å²) in [6, 6.07) is 0. The number of nitrogens with two attached hydrogens (primary N) is 1. The Labute approximate surface area is 111 Å². The van der Waals surface area contributed by atoms with Crippen LogP contribution in [0.15, 0.2) is 0 Å². The fourth-order valence-corrected chi connectivity index (χ4v) is 2.71. The van der Waals surface area contributed by atoms with Gasteiger partial charge in [0, 0.05) is 25.1 Å². The molecule has 19 heavy (non-hydrogen) atoms. The average Bonchev–Trinajstić information content (AvgIpc) is 2.86. The first-order valence-corrected chi connectivity index (χ1v) is 6.52. The lowest BCUT2D eigenvalue weighted by Crippen LogP contribution is -2.27. The Kier molecular flexibility index (Phi) is 3.10. The van der Waals surface area contributed by atoms with Gasteiger partial charge in [-0.15, -0.1) is 0 Å². The lowest BCUT2D eigenvalue weighted by atomic mass is 10.1. The van der Waals surface area contributed by atoms with Crippen LogP contribution in [0.2, 0.25) is 0 Å². The summed E-state index contributed by atoms with van der Waals surface area (Å²) in [7, 11) is 0. The lowest BCUT2D eigenvalue weighted by molar-refractivity contribution is -0.132. The summed E-state index contributed by atoms with van der Waals surface area (Å²) < 4.78 is 5.02. The maximum Gasteiger partial charge on any atom is 0.293 e. The van der Waals surface area contributed by atoms with Gasteiger partial charge in [0.2, 0.25) is 5.95 Å². The quantitative estimate of drug-likeness (QED) is 0.751. The second-order valence-electron chi connectivity index (χ2n) is 4.85. The largest absolute Gasteiger partial charge is 0.463 e. The van der Waals surface area contributed by atoms with Crippen LogP contribution in [0.4, 0.5) is 17.6 Å². The molecule has 102 valence electrons. The van der Waals surface area contributed by atoms with E-state index >= 15 is 0 Å². The minimum Gasteiger partial charge on any atom is -0.463 e. The average molecular weight is 263 g/mol. The van der Waals surface area contributed by atoms with Crippen LogP contribution in [0.1, 0.15) is 18.4 Å². The van der Waals surface area contributed by atoms with Crippen molar-refractivity contribution in [2.45, 2.75) is 25.4 Å². The van der Waals surface area contributed by atoms with E-state index in [-0.39, 0.29) is 12.1 Å². The third-order valence-electron chi connectivity index (χ3n) is 3.59. The normalized spacial score (nSPS) is 21.7. The summed E-state index contributed by atoms with van der Waals surface area (Å²) in [5, 5.41) is 3.26. The predicted molar refractivity (Wildman–Crippen MR) is 71.0 cm³/mol. The number of nitrogens with zero attached hydrogens (tertiary/aromatic N) is 3. The highest BCUT2D eigenvalue weighted by atomic mass is 16.5. The number of hydrogen-bond acceptors (Lipinski definition) is 7. The maximum absolute atomic E-state index is 10.4. The van der Waals surface area contributed by atoms with E-state index < -0.39 is 0 Å². The molecule has 0 unspecified atom stereocenters. The Bertz CT molecular complexity index is 493. The van der Waals surface area contributed by atoms with Crippen LogP contribution in [0, 0.1) is 0 Å². The number of anilines is 3. The first-order chi connectivity index (χ1) is 9.28. The molecular weight excluding hydrogens is 246 g/mol. The molecular formula is C12H17N5O2. The van der Waals surface area contributed by atoms with Gasteiger partial charge < -0.3 is 20.7 Å². The van der Waals surface area contributed by atoms with Crippen LogP contribution in [0.5, 0.6) is 0 Å². The van der Waals surface area contributed by atoms with Crippen LogP contribution < -0.4 is 16.0 Å². The summed E-state index contributed by atoms with van der Waals surface area (Å²) in [6.07, 6.45) is 2.79. The van der Waals surface area contributed by atoms with Crippen molar-refractivity contribution < 1.29 is 9.53 Å². The van der Waals surface area contributed by atoms with Crippen molar-refractivity contribution in [3.05, 3.63) is 5.56 Å². The first-order valence-electron chi connectivity index (χ1n) is 6.52. The monoisotopic (exact) mass is 263 g/mol. The molecule has 1 aromatic rings. The Morgan fingerprint density at radius 2 is 2.37 bits per heavy atom. The third-order valence-corrected chi connectivity index (χ3v) is 3.59. The highest BCUT2D eigenvalue weighted by Crippen LogP contribution is 2.31. The molecule has 3 N–H and O–H groups in total. The summed E-state index contributed by atoms with van der Waals surface area (Å²) in [5.74, 6) is 2.00. The van der Waals surface area contributed by atoms with Crippen molar-refractivity contribution in [3.8, 4) is 0 Å². The van der Waals surface area contributed by atoms with Crippen LogP contribution in [-0.4, -0.2) is 42.2 Å². The summed E-state index contributed by atoms with van der Waals surface area (Å²) >= 11 is 0. The van der Waals surface area contributed by atoms with Crippen LogP contribution in [-0.2, 0) is 16.0 Å². The highest BCUT2D eigenvalue weighted by molar-refractivity contribution is 5.63. The van der Waals surface area contributed by atoms with E-state index in [0.717, 1.165) is 49.6 Å². The van der Waals surface area contributed by atoms with E-state index in [0.29, 0.717) is 13.0 Å². The fraction of sp³-hybridized carbons (Fsp3) is 0.583. The molecule has 7 heteroatoms. The Morgan fingerprint density at radius 3 is 3.21 bits per heavy atom. The van der Waals surface area contributed by atoms with Gasteiger partial charge >= 0.3 is 0 Å². The van der Waals surface area contributed by atoms with Gasteiger partial charge in [-0.25, -0.2) is 0 Å². The molecule has 0 aliphatic carbocycles. The number of carbonyl (C=O) groups is 1. The lowest BCUT2D eigenvalue weighted by Gasteiger charge is -2.25. The zero-order valence-corrected chi connectivity index (χ0v) is 10.6. The number of carbonyl (C=O) groups excluding carboxylic acids is 1. The number of fused-ring (bicyclic) bond motifs is 1. The molecule has 3 rings (SSSR count). The topological polar surface area (TPSA) is 93.4 Å². The number of hydrogen-bond donors (Lipinski definition) is 2. The van der Waals surface area contributed by atoms with E-state index in [2.05, 4.69) is 20.2 Å². The molecule has 3 heterocycles. The summed E-state index contributed by atoms with van der Waals surface area (Å²) in [6.45, 7) is 2.92. The number of ether oxygens (including phenoxy) is 1. The van der Waals surface area contributed by atoms with Gasteiger partial charge in [0.1, 0.15) is 17.7 Å². The second kappa shape index (κ2) is 4.91. The Morgan fingerprint density at radius 1 is 1.47 bits per heavy atom. The molecule has 0 spiro atoms. The molecule has 2 aliphatic rings. The van der Waals surface area contributed by atoms with Crippen molar-refractivity contribution in [3.63, 3.8) is 0 Å². The van der Waals surface area contributed by atoms with Gasteiger partial charge in [0.05, 0.1) is 6.54 Å². The number of rotatable bonds is 3. The van der Waals surface area contributed by atoms with E-state index in [1.54, 1.807) is 0 Å². The number of nitrogens with one attached hydrogen (secondary N) is 1. The summed E-state index contributed by atoms with van der Waals surface area (Å²) in [5.41, 5.74) is 6.89. The second-order valence-corrected chi connectivity index (χ2v) is 4.85. The molecule has 7 nitrogen and oxygen atoms in total. The molecule has 2 aliphatic heterocycles. The van der Waals surface area contributed by atoms with E-state index in [9.17, 15) is 4.79 Å². The zero-order valence-electron chi connectivity index (χ0n) is 10.6. The van der Waals surface area contributed by atoms with Crippen LogP contribution in [0.3, 0.4) is 0 Å². The van der Waals surface area contributed by atoms with Crippen molar-refractivity contribution in [1.29, 1.82) is 0 Å². The van der Waals surface area contributed by atoms with Gasteiger partial charge in [-0.05, 0) is 12.8 Å². The SMILES string of the molecule is Nc1nc2c(c(N3CC[C@H](OC=O)C3)n1)CCCN2. The van der Waals surface area contributed by atoms with Crippen molar-refractivity contribution in [2.75, 3.05) is 35.6 Å². The molecule has 1 saturated heterocycles. The zero-order chi connectivity index (χ0) is 13.2. The van der Waals surface area contributed by atoms with Gasteiger partial charge in [-0.2, -0.15) is 9.97 Å². The van der Waals surface area contributed by atoms with E-state index in [1.165, 1.54) is 0 Å². The first kappa shape index (κ1) is 12.0. The van der Waals surface area contributed by atoms with Gasteiger partial charge in [-0.1, -0.05) is 0 Å². The minimum atomic E-state index is -0.0547. The van der Waals surface area contributed by atoms with E-state index in [4.69, 9.17) is 10.5 Å². The van der Waals surface area contributed by atoms with E-state index in [1.807, 2.05) is 0 Å². The molecule has 0 bridgehead atoms. The van der Waals surface area contributed by atoms with Crippen LogP contribution >= 0.6 is 0 Å². The Balaban J connectivity index is 1.88. The number of nitrogen functional groups attached to an aromatic ring is 1. The minimum absolute atomic E-state index is 0.0547. The molecule has 0 amide bonds. The van der Waals surface area contributed by atoms with Gasteiger partial charge in [-0.3, -0.25) is 4.79 Å². The Hall–Kier alpha value is -2.05. The summed E-state index contributed by atoms with van der Waals surface area (Å²) in [4.78, 5) is 21.1. The third kappa shape index (κ3) is 2.27. The smallest absolute Gasteiger partial charge is 0.293 e.